The van der Waals surface area contributed by atoms with Crippen LogP contribution in [0.25, 0.3) is 10.9 Å². The summed E-state index contributed by atoms with van der Waals surface area (Å²) in [5, 5.41) is 4.28. The van der Waals surface area contributed by atoms with E-state index in [4.69, 9.17) is 5.73 Å². The maximum atomic E-state index is 14.8. The van der Waals surface area contributed by atoms with Crippen LogP contribution >= 0.6 is 12.4 Å². The smallest absolute Gasteiger partial charge is 0.384 e. The van der Waals surface area contributed by atoms with Crippen LogP contribution in [0, 0.1) is 11.6 Å². The zero-order chi connectivity index (χ0) is 25.8. The molecular weight excluding hydrogens is 523 g/mol. The number of pyridine rings is 1. The Bertz CT molecular complexity index is 1360. The van der Waals surface area contributed by atoms with Crippen molar-refractivity contribution in [3.05, 3.63) is 53.4 Å². The fraction of sp³-hybridized carbons (Fsp3) is 0.391. The molecule has 2 N–H and O–H groups in total. The molecule has 0 bridgehead atoms. The van der Waals surface area contributed by atoms with Crippen molar-refractivity contribution in [2.75, 3.05) is 25.4 Å². The Morgan fingerprint density at radius 3 is 2.54 bits per heavy atom. The van der Waals surface area contributed by atoms with E-state index in [1.807, 2.05) is 0 Å². The number of aromatic nitrogens is 3. The van der Waals surface area contributed by atoms with Gasteiger partial charge in [-0.1, -0.05) is 0 Å². The highest BCUT2D eigenvalue weighted by Gasteiger charge is 2.47. The lowest BCUT2D eigenvalue weighted by Gasteiger charge is -2.38. The molecule has 2 aliphatic rings. The molecule has 3 aromatic rings. The molecule has 8 nitrogen and oxygen atoms in total. The number of likely N-dealkylation sites (tertiary alicyclic amines) is 2. The molecule has 0 radical (unpaired) electrons. The SMILES string of the molecule is Cl.Nc1cc(C(=O)N2CC(c3nn(CC(=O)N4CCC[C@H]4C(F)(F)F)c4cc(F)cc(F)c34)C2)ccn1. The summed E-state index contributed by atoms with van der Waals surface area (Å²) in [6.07, 6.45) is -3.15. The van der Waals surface area contributed by atoms with Crippen LogP contribution < -0.4 is 5.73 Å². The molecule has 1 atom stereocenters. The zero-order valence-corrected chi connectivity index (χ0v) is 20.0. The topological polar surface area (TPSA) is 97.3 Å². The van der Waals surface area contributed by atoms with Gasteiger partial charge in [0.1, 0.15) is 30.0 Å². The summed E-state index contributed by atoms with van der Waals surface area (Å²) in [4.78, 5) is 31.6. The summed E-state index contributed by atoms with van der Waals surface area (Å²) < 4.78 is 69.9. The first-order valence-corrected chi connectivity index (χ1v) is 11.3. The minimum atomic E-state index is -4.57. The van der Waals surface area contributed by atoms with Crippen LogP contribution in [0.1, 0.15) is 34.8 Å². The van der Waals surface area contributed by atoms with E-state index in [2.05, 4.69) is 10.1 Å². The summed E-state index contributed by atoms with van der Waals surface area (Å²) in [6.45, 7) is -0.297. The second-order valence-electron chi connectivity index (χ2n) is 8.99. The predicted molar refractivity (Wildman–Crippen MR) is 125 cm³/mol. The Kier molecular flexibility index (Phi) is 7.01. The molecule has 2 saturated heterocycles. The Balaban J connectivity index is 0.00000320. The highest BCUT2D eigenvalue weighted by molar-refractivity contribution is 5.95. The number of anilines is 1. The van der Waals surface area contributed by atoms with Crippen molar-refractivity contribution in [2.45, 2.75) is 37.5 Å². The van der Waals surface area contributed by atoms with Crippen molar-refractivity contribution < 1.29 is 31.5 Å². The molecule has 1 aromatic carbocycles. The van der Waals surface area contributed by atoms with Crippen molar-refractivity contribution in [1.82, 2.24) is 24.6 Å². The molecule has 0 saturated carbocycles. The van der Waals surface area contributed by atoms with E-state index >= 15 is 0 Å². The summed E-state index contributed by atoms with van der Waals surface area (Å²) in [7, 11) is 0. The number of nitrogens with two attached hydrogens (primary N) is 1. The van der Waals surface area contributed by atoms with Crippen molar-refractivity contribution in [2.24, 2.45) is 0 Å². The number of hydrogen-bond donors (Lipinski definition) is 1. The number of hydrogen-bond acceptors (Lipinski definition) is 5. The zero-order valence-electron chi connectivity index (χ0n) is 19.2. The van der Waals surface area contributed by atoms with E-state index in [1.54, 1.807) is 0 Å². The number of fused-ring (bicyclic) bond motifs is 1. The lowest BCUT2D eigenvalue weighted by molar-refractivity contribution is -0.183. The summed E-state index contributed by atoms with van der Waals surface area (Å²) in [6, 6.07) is 2.72. The lowest BCUT2D eigenvalue weighted by Crippen LogP contribution is -2.48. The third kappa shape index (κ3) is 4.91. The molecule has 4 heterocycles. The molecule has 2 aromatic heterocycles. The van der Waals surface area contributed by atoms with Gasteiger partial charge in [-0.25, -0.2) is 13.8 Å². The molecule has 2 aliphatic heterocycles. The molecule has 0 unspecified atom stereocenters. The van der Waals surface area contributed by atoms with Gasteiger partial charge in [0.15, 0.2) is 0 Å². The quantitative estimate of drug-likeness (QED) is 0.507. The van der Waals surface area contributed by atoms with Crippen LogP contribution in [0.4, 0.5) is 27.8 Å². The first-order chi connectivity index (χ1) is 17.0. The van der Waals surface area contributed by atoms with Crippen molar-refractivity contribution in [3.8, 4) is 0 Å². The number of carbonyl (C=O) groups excluding carboxylic acids is 2. The van der Waals surface area contributed by atoms with Gasteiger partial charge in [-0.05, 0) is 25.0 Å². The second kappa shape index (κ2) is 9.77. The average molecular weight is 545 g/mol. The van der Waals surface area contributed by atoms with Gasteiger partial charge in [0.05, 0.1) is 16.6 Å². The molecule has 198 valence electrons. The predicted octanol–water partition coefficient (Wildman–Crippen LogP) is 3.51. The van der Waals surface area contributed by atoms with Crippen molar-refractivity contribution in [1.29, 1.82) is 0 Å². The number of carbonyl (C=O) groups is 2. The average Bonchev–Trinajstić information content (AvgIpc) is 3.39. The summed E-state index contributed by atoms with van der Waals surface area (Å²) >= 11 is 0. The molecule has 37 heavy (non-hydrogen) atoms. The molecule has 2 fully saturated rings. The van der Waals surface area contributed by atoms with Crippen LogP contribution in [0.2, 0.25) is 0 Å². The van der Waals surface area contributed by atoms with E-state index < -0.39 is 42.2 Å². The summed E-state index contributed by atoms with van der Waals surface area (Å²) in [5.74, 6) is -3.19. The van der Waals surface area contributed by atoms with Gasteiger partial charge in [0, 0.05) is 49.4 Å². The van der Waals surface area contributed by atoms with Crippen LogP contribution in [0.3, 0.4) is 0 Å². The van der Waals surface area contributed by atoms with Crippen LogP contribution in [0.15, 0.2) is 30.5 Å². The Hall–Kier alpha value is -3.48. The van der Waals surface area contributed by atoms with Gasteiger partial charge >= 0.3 is 6.18 Å². The van der Waals surface area contributed by atoms with Gasteiger partial charge in [0.25, 0.3) is 5.91 Å². The van der Waals surface area contributed by atoms with Crippen molar-refractivity contribution >= 4 is 40.9 Å². The molecule has 2 amide bonds. The van der Waals surface area contributed by atoms with E-state index in [9.17, 15) is 31.5 Å². The van der Waals surface area contributed by atoms with Crippen LogP contribution in [-0.4, -0.2) is 68.2 Å². The van der Waals surface area contributed by atoms with Crippen LogP contribution in [0.5, 0.6) is 0 Å². The Morgan fingerprint density at radius 1 is 1.14 bits per heavy atom. The first-order valence-electron chi connectivity index (χ1n) is 11.3. The number of halogens is 6. The fourth-order valence-electron chi connectivity index (χ4n) is 4.86. The number of benzene rings is 1. The molecule has 0 spiro atoms. The van der Waals surface area contributed by atoms with Crippen LogP contribution in [-0.2, 0) is 11.3 Å². The number of nitrogen functional groups attached to an aromatic ring is 1. The third-order valence-corrected chi connectivity index (χ3v) is 6.62. The Labute approximate surface area is 213 Å². The third-order valence-electron chi connectivity index (χ3n) is 6.62. The highest BCUT2D eigenvalue weighted by atomic mass is 35.5. The standard InChI is InChI=1S/C23H21F5N6O2.ClH/c24-14-7-15(25)20-16(8-14)34(11-19(35)33-5-1-2-17(33)23(26,27)28)31-21(20)13-9-32(10-13)22(36)12-3-4-30-18(29)6-12;/h3-4,6-8,13,17H,1-2,5,9-11H2,(H2,29,30);1H/t17-;/m0./s1. The number of rotatable bonds is 4. The van der Waals surface area contributed by atoms with Gasteiger partial charge in [0.2, 0.25) is 5.91 Å². The van der Waals surface area contributed by atoms with Gasteiger partial charge in [-0.15, -0.1) is 12.4 Å². The Morgan fingerprint density at radius 2 is 1.86 bits per heavy atom. The van der Waals surface area contributed by atoms with Gasteiger partial charge in [-0.2, -0.15) is 18.3 Å². The highest BCUT2D eigenvalue weighted by Crippen LogP contribution is 2.36. The first kappa shape index (κ1) is 26.6. The van der Waals surface area contributed by atoms with E-state index in [1.165, 1.54) is 23.2 Å². The largest absolute Gasteiger partial charge is 0.408 e. The minimum absolute atomic E-state index is 0. The monoisotopic (exact) mass is 544 g/mol. The normalized spacial score (nSPS) is 18.1. The molecule has 14 heteroatoms. The summed E-state index contributed by atoms with van der Waals surface area (Å²) in [5.41, 5.74) is 6.13. The maximum Gasteiger partial charge on any atom is 0.408 e. The molecular formula is C23H22ClF5N6O2. The fourth-order valence-corrected chi connectivity index (χ4v) is 4.86. The molecule has 5 rings (SSSR count). The number of amides is 2. The second-order valence-corrected chi connectivity index (χ2v) is 8.99. The van der Waals surface area contributed by atoms with E-state index in [0.29, 0.717) is 11.6 Å². The molecule has 0 aliphatic carbocycles. The van der Waals surface area contributed by atoms with Crippen molar-refractivity contribution in [3.63, 3.8) is 0 Å². The number of alkyl halides is 3. The van der Waals surface area contributed by atoms with E-state index in [-0.39, 0.29) is 73.2 Å². The number of nitrogens with zero attached hydrogens (tertiary/aromatic N) is 5. The minimum Gasteiger partial charge on any atom is -0.384 e. The van der Waals surface area contributed by atoms with Gasteiger partial charge in [-0.3, -0.25) is 14.3 Å². The maximum absolute atomic E-state index is 14.8. The van der Waals surface area contributed by atoms with E-state index in [0.717, 1.165) is 15.6 Å². The lowest BCUT2D eigenvalue weighted by atomic mass is 9.93. The van der Waals surface area contributed by atoms with Gasteiger partial charge < -0.3 is 15.5 Å².